The summed E-state index contributed by atoms with van der Waals surface area (Å²) in [7, 11) is 0. The lowest BCUT2D eigenvalue weighted by Crippen LogP contribution is -2.51. The molecule has 0 radical (unpaired) electrons. The zero-order valence-corrected chi connectivity index (χ0v) is 9.21. The van der Waals surface area contributed by atoms with E-state index in [4.69, 9.17) is 0 Å². The van der Waals surface area contributed by atoms with Gasteiger partial charge in [0.25, 0.3) is 0 Å². The van der Waals surface area contributed by atoms with Crippen molar-refractivity contribution in [2.24, 2.45) is 5.92 Å². The second-order valence-corrected chi connectivity index (χ2v) is 5.05. The Morgan fingerprint density at radius 2 is 1.93 bits per heavy atom. The Balaban J connectivity index is 1.77. The van der Waals surface area contributed by atoms with Crippen molar-refractivity contribution in [1.82, 2.24) is 5.32 Å². The van der Waals surface area contributed by atoms with Crippen LogP contribution >= 0.6 is 0 Å². The first-order valence-corrected chi connectivity index (χ1v) is 6.23. The van der Waals surface area contributed by atoms with E-state index in [9.17, 15) is 5.11 Å². The summed E-state index contributed by atoms with van der Waals surface area (Å²) in [4.78, 5) is 0. The van der Waals surface area contributed by atoms with Gasteiger partial charge in [-0.25, -0.2) is 0 Å². The molecule has 0 amide bonds. The third-order valence-electron chi connectivity index (χ3n) is 4.00. The van der Waals surface area contributed by atoms with Gasteiger partial charge in [0.05, 0.1) is 6.10 Å². The number of rotatable bonds is 3. The van der Waals surface area contributed by atoms with E-state index in [0.717, 1.165) is 24.8 Å². The molecule has 2 rings (SSSR count). The van der Waals surface area contributed by atoms with Crippen LogP contribution in [0.5, 0.6) is 0 Å². The molecule has 2 aliphatic carbocycles. The first kappa shape index (κ1) is 10.4. The molecule has 0 spiro atoms. The van der Waals surface area contributed by atoms with Gasteiger partial charge in [0.1, 0.15) is 0 Å². The molecular formula is C12H23NO. The van der Waals surface area contributed by atoms with Crippen LogP contribution in [-0.4, -0.2) is 23.3 Å². The predicted octanol–water partition coefficient (Wildman–Crippen LogP) is 2.07. The number of hydrogen-bond acceptors (Lipinski definition) is 2. The van der Waals surface area contributed by atoms with Gasteiger partial charge in [0.15, 0.2) is 0 Å². The van der Waals surface area contributed by atoms with Gasteiger partial charge in [-0.1, -0.05) is 26.2 Å². The van der Waals surface area contributed by atoms with Gasteiger partial charge in [-0.05, 0) is 31.6 Å². The SMILES string of the molecule is CCC1CCCCC1NC1CC(O)C1. The van der Waals surface area contributed by atoms with Crippen LogP contribution in [0.1, 0.15) is 51.9 Å². The molecule has 2 saturated carbocycles. The topological polar surface area (TPSA) is 32.3 Å². The average Bonchev–Trinajstić information content (AvgIpc) is 2.16. The molecule has 0 heterocycles. The van der Waals surface area contributed by atoms with E-state index >= 15 is 0 Å². The van der Waals surface area contributed by atoms with Crippen LogP contribution < -0.4 is 5.32 Å². The molecule has 2 aliphatic rings. The lowest BCUT2D eigenvalue weighted by Gasteiger charge is -2.40. The molecule has 2 unspecified atom stereocenters. The Kier molecular flexibility index (Phi) is 3.45. The lowest BCUT2D eigenvalue weighted by atomic mass is 9.80. The summed E-state index contributed by atoms with van der Waals surface area (Å²) in [6.45, 7) is 2.31. The molecule has 0 bridgehead atoms. The minimum atomic E-state index is -0.0174. The first-order valence-electron chi connectivity index (χ1n) is 6.23. The first-order chi connectivity index (χ1) is 6.79. The van der Waals surface area contributed by atoms with Gasteiger partial charge >= 0.3 is 0 Å². The maximum absolute atomic E-state index is 9.23. The highest BCUT2D eigenvalue weighted by Gasteiger charge is 2.32. The summed E-state index contributed by atoms with van der Waals surface area (Å²) < 4.78 is 0. The molecule has 2 N–H and O–H groups in total. The van der Waals surface area contributed by atoms with Gasteiger partial charge in [-0.3, -0.25) is 0 Å². The minimum absolute atomic E-state index is 0.0174. The summed E-state index contributed by atoms with van der Waals surface area (Å²) in [5, 5.41) is 13.0. The highest BCUT2D eigenvalue weighted by Crippen LogP contribution is 2.29. The third kappa shape index (κ3) is 2.29. The van der Waals surface area contributed by atoms with Gasteiger partial charge in [-0.15, -0.1) is 0 Å². The fourth-order valence-corrected chi connectivity index (χ4v) is 2.94. The lowest BCUT2D eigenvalue weighted by molar-refractivity contribution is 0.0499. The minimum Gasteiger partial charge on any atom is -0.393 e. The van der Waals surface area contributed by atoms with Crippen LogP contribution in [-0.2, 0) is 0 Å². The molecule has 0 aromatic carbocycles. The van der Waals surface area contributed by atoms with Crippen molar-refractivity contribution in [1.29, 1.82) is 0 Å². The fourth-order valence-electron chi connectivity index (χ4n) is 2.94. The molecule has 0 aromatic rings. The monoisotopic (exact) mass is 197 g/mol. The van der Waals surface area contributed by atoms with Crippen LogP contribution in [0.4, 0.5) is 0 Å². The molecule has 2 nitrogen and oxygen atoms in total. The number of aliphatic hydroxyl groups excluding tert-OH is 1. The Hall–Kier alpha value is -0.0800. The van der Waals surface area contributed by atoms with Crippen molar-refractivity contribution in [3.63, 3.8) is 0 Å². The van der Waals surface area contributed by atoms with Crippen molar-refractivity contribution in [3.05, 3.63) is 0 Å². The number of aliphatic hydroxyl groups is 1. The van der Waals surface area contributed by atoms with Crippen molar-refractivity contribution < 1.29 is 5.11 Å². The quantitative estimate of drug-likeness (QED) is 0.726. The molecule has 0 aromatic heterocycles. The average molecular weight is 197 g/mol. The Morgan fingerprint density at radius 1 is 1.21 bits per heavy atom. The van der Waals surface area contributed by atoms with Crippen molar-refractivity contribution >= 4 is 0 Å². The standard InChI is InChI=1S/C12H23NO/c1-2-9-5-3-4-6-12(9)13-10-7-11(14)8-10/h9-14H,2-8H2,1H3. The molecule has 14 heavy (non-hydrogen) atoms. The number of hydrogen-bond donors (Lipinski definition) is 2. The van der Waals surface area contributed by atoms with Gasteiger partial charge < -0.3 is 10.4 Å². The largest absolute Gasteiger partial charge is 0.393 e. The molecule has 82 valence electrons. The number of nitrogens with one attached hydrogen (secondary N) is 1. The highest BCUT2D eigenvalue weighted by molar-refractivity contribution is 4.90. The molecule has 2 heteroatoms. The van der Waals surface area contributed by atoms with E-state index in [1.54, 1.807) is 0 Å². The fraction of sp³-hybridized carbons (Fsp3) is 1.00. The van der Waals surface area contributed by atoms with E-state index in [0.29, 0.717) is 6.04 Å². The van der Waals surface area contributed by atoms with Crippen LogP contribution in [0.15, 0.2) is 0 Å². The maximum Gasteiger partial charge on any atom is 0.0570 e. The summed E-state index contributed by atoms with van der Waals surface area (Å²) in [6.07, 6.45) is 8.82. The van der Waals surface area contributed by atoms with Crippen LogP contribution in [0.25, 0.3) is 0 Å². The van der Waals surface area contributed by atoms with Gasteiger partial charge in [0, 0.05) is 12.1 Å². The van der Waals surface area contributed by atoms with E-state index < -0.39 is 0 Å². The summed E-state index contributed by atoms with van der Waals surface area (Å²) in [6, 6.07) is 1.35. The molecule has 0 aliphatic heterocycles. The maximum atomic E-state index is 9.23. The van der Waals surface area contributed by atoms with E-state index in [2.05, 4.69) is 12.2 Å². The summed E-state index contributed by atoms with van der Waals surface area (Å²) in [5.41, 5.74) is 0. The van der Waals surface area contributed by atoms with Crippen molar-refractivity contribution in [3.8, 4) is 0 Å². The molecule has 2 fully saturated rings. The Morgan fingerprint density at radius 3 is 2.57 bits per heavy atom. The van der Waals surface area contributed by atoms with Crippen LogP contribution in [0, 0.1) is 5.92 Å². The summed E-state index contributed by atoms with van der Waals surface area (Å²) in [5.74, 6) is 0.890. The van der Waals surface area contributed by atoms with E-state index in [1.165, 1.54) is 32.1 Å². The third-order valence-corrected chi connectivity index (χ3v) is 4.00. The van der Waals surface area contributed by atoms with Crippen LogP contribution in [0.2, 0.25) is 0 Å². The Labute approximate surface area is 87.1 Å². The smallest absolute Gasteiger partial charge is 0.0570 e. The van der Waals surface area contributed by atoms with E-state index in [-0.39, 0.29) is 6.10 Å². The normalized spacial score (nSPS) is 43.3. The zero-order valence-electron chi connectivity index (χ0n) is 9.21. The highest BCUT2D eigenvalue weighted by atomic mass is 16.3. The van der Waals surface area contributed by atoms with Crippen molar-refractivity contribution in [2.45, 2.75) is 70.1 Å². The van der Waals surface area contributed by atoms with Crippen LogP contribution in [0.3, 0.4) is 0 Å². The second-order valence-electron chi connectivity index (χ2n) is 5.05. The van der Waals surface area contributed by atoms with E-state index in [1.807, 2.05) is 0 Å². The Bertz CT molecular complexity index is 177. The van der Waals surface area contributed by atoms with Gasteiger partial charge in [0.2, 0.25) is 0 Å². The molecule has 2 atom stereocenters. The van der Waals surface area contributed by atoms with Gasteiger partial charge in [-0.2, -0.15) is 0 Å². The summed E-state index contributed by atoms with van der Waals surface area (Å²) >= 11 is 0. The predicted molar refractivity (Wildman–Crippen MR) is 58.2 cm³/mol. The second kappa shape index (κ2) is 4.63. The molecule has 0 saturated heterocycles. The molecular weight excluding hydrogens is 174 g/mol. The zero-order chi connectivity index (χ0) is 9.97. The van der Waals surface area contributed by atoms with Crippen molar-refractivity contribution in [2.75, 3.05) is 0 Å².